The van der Waals surface area contributed by atoms with E-state index in [4.69, 9.17) is 0 Å². The molecule has 5 aromatic rings. The number of rotatable bonds is 11. The molecule has 0 fully saturated rings. The standard InChI is InChI=1S/C35H36FN3O/c1-37(2)21-22-38(24-27-11-5-3-6-12-27)35(40)23-32(29-17-19-30(36)20-18-29)33-26-39(25-28-13-7-4-8-14-28)34-16-10-9-15-31(33)34/h3-20,26,32H,21-25H2,1-2H3. The number of amides is 1. The minimum atomic E-state index is -0.281. The van der Waals surface area contributed by atoms with Crippen molar-refractivity contribution >= 4 is 16.8 Å². The van der Waals surface area contributed by atoms with E-state index in [2.05, 4.69) is 70.3 Å². The number of carbonyl (C=O) groups is 1. The van der Waals surface area contributed by atoms with Crippen LogP contribution in [0.4, 0.5) is 4.39 Å². The van der Waals surface area contributed by atoms with Gasteiger partial charge in [-0.05, 0) is 54.5 Å². The topological polar surface area (TPSA) is 28.5 Å². The second kappa shape index (κ2) is 12.8. The van der Waals surface area contributed by atoms with Crippen LogP contribution >= 0.6 is 0 Å². The Balaban J connectivity index is 1.52. The molecule has 0 aliphatic carbocycles. The van der Waals surface area contributed by atoms with Gasteiger partial charge in [-0.3, -0.25) is 4.79 Å². The molecule has 0 aliphatic rings. The average molecular weight is 534 g/mol. The van der Waals surface area contributed by atoms with Gasteiger partial charge >= 0.3 is 0 Å². The Morgan fingerprint density at radius 3 is 2.08 bits per heavy atom. The maximum Gasteiger partial charge on any atom is 0.223 e. The molecule has 5 rings (SSSR count). The lowest BCUT2D eigenvalue weighted by molar-refractivity contribution is -0.132. The molecular weight excluding hydrogens is 497 g/mol. The van der Waals surface area contributed by atoms with E-state index >= 15 is 0 Å². The normalized spacial score (nSPS) is 12.1. The molecule has 1 heterocycles. The number of carbonyl (C=O) groups excluding carboxylic acids is 1. The summed E-state index contributed by atoms with van der Waals surface area (Å²) in [5.41, 5.74) is 5.45. The third-order valence-corrected chi connectivity index (χ3v) is 7.43. The monoisotopic (exact) mass is 533 g/mol. The molecule has 1 aromatic heterocycles. The van der Waals surface area contributed by atoms with Gasteiger partial charge in [-0.25, -0.2) is 4.39 Å². The first-order valence-corrected chi connectivity index (χ1v) is 13.8. The van der Waals surface area contributed by atoms with Gasteiger partial charge in [-0.1, -0.05) is 91.0 Å². The van der Waals surface area contributed by atoms with Gasteiger partial charge in [-0.2, -0.15) is 0 Å². The predicted molar refractivity (Wildman–Crippen MR) is 161 cm³/mol. The number of likely N-dealkylation sites (N-methyl/N-ethyl adjacent to an activating group) is 1. The largest absolute Gasteiger partial charge is 0.343 e. The quantitative estimate of drug-likeness (QED) is 0.184. The maximum atomic E-state index is 14.0. The molecule has 204 valence electrons. The van der Waals surface area contributed by atoms with Crippen LogP contribution in [0.25, 0.3) is 10.9 Å². The van der Waals surface area contributed by atoms with Gasteiger partial charge < -0.3 is 14.4 Å². The van der Waals surface area contributed by atoms with Crippen LogP contribution in [0.5, 0.6) is 0 Å². The number of aromatic nitrogens is 1. The van der Waals surface area contributed by atoms with E-state index in [-0.39, 0.29) is 17.6 Å². The molecule has 1 unspecified atom stereocenters. The van der Waals surface area contributed by atoms with Gasteiger partial charge in [0.1, 0.15) is 5.82 Å². The van der Waals surface area contributed by atoms with E-state index in [1.165, 1.54) is 17.7 Å². The lowest BCUT2D eigenvalue weighted by atomic mass is 9.87. The zero-order valence-corrected chi connectivity index (χ0v) is 23.2. The van der Waals surface area contributed by atoms with Gasteiger partial charge in [0.25, 0.3) is 0 Å². The fraction of sp³-hybridized carbons (Fsp3) is 0.229. The van der Waals surface area contributed by atoms with Gasteiger partial charge in [0, 0.05) is 55.6 Å². The molecule has 0 spiro atoms. The molecule has 40 heavy (non-hydrogen) atoms. The van der Waals surface area contributed by atoms with Crippen molar-refractivity contribution in [2.45, 2.75) is 25.4 Å². The van der Waals surface area contributed by atoms with Crippen LogP contribution in [0.15, 0.2) is 115 Å². The number of benzene rings is 4. The Morgan fingerprint density at radius 2 is 1.40 bits per heavy atom. The Hall–Kier alpha value is -4.22. The first kappa shape index (κ1) is 27.4. The summed E-state index contributed by atoms with van der Waals surface area (Å²) < 4.78 is 16.2. The Labute approximate surface area is 236 Å². The van der Waals surface area contributed by atoms with Crippen molar-refractivity contribution in [3.8, 4) is 0 Å². The van der Waals surface area contributed by atoms with Gasteiger partial charge in [0.15, 0.2) is 0 Å². The van der Waals surface area contributed by atoms with Crippen LogP contribution < -0.4 is 0 Å². The highest BCUT2D eigenvalue weighted by Crippen LogP contribution is 2.36. The molecule has 4 aromatic carbocycles. The van der Waals surface area contributed by atoms with Crippen molar-refractivity contribution in [1.82, 2.24) is 14.4 Å². The average Bonchev–Trinajstić information content (AvgIpc) is 3.33. The number of para-hydroxylation sites is 1. The number of fused-ring (bicyclic) bond motifs is 1. The van der Waals surface area contributed by atoms with Crippen LogP contribution in [0.1, 0.15) is 34.6 Å². The molecule has 1 amide bonds. The fourth-order valence-corrected chi connectivity index (χ4v) is 5.29. The first-order valence-electron chi connectivity index (χ1n) is 13.8. The molecular formula is C35H36FN3O. The van der Waals surface area contributed by atoms with Gasteiger partial charge in [-0.15, -0.1) is 0 Å². The minimum absolute atomic E-state index is 0.0833. The summed E-state index contributed by atoms with van der Waals surface area (Å²) in [6.45, 7) is 2.69. The summed E-state index contributed by atoms with van der Waals surface area (Å²) in [6.07, 6.45) is 2.48. The van der Waals surface area contributed by atoms with Crippen molar-refractivity contribution in [3.63, 3.8) is 0 Å². The first-order chi connectivity index (χ1) is 19.5. The van der Waals surface area contributed by atoms with E-state index < -0.39 is 0 Å². The zero-order chi connectivity index (χ0) is 27.9. The van der Waals surface area contributed by atoms with Crippen molar-refractivity contribution < 1.29 is 9.18 Å². The zero-order valence-electron chi connectivity index (χ0n) is 23.2. The Bertz CT molecular complexity index is 1530. The van der Waals surface area contributed by atoms with Crippen LogP contribution in [0, 0.1) is 5.82 Å². The van der Waals surface area contributed by atoms with E-state index in [0.29, 0.717) is 19.5 Å². The third-order valence-electron chi connectivity index (χ3n) is 7.43. The second-order valence-corrected chi connectivity index (χ2v) is 10.6. The molecule has 0 aliphatic heterocycles. The number of nitrogens with zero attached hydrogens (tertiary/aromatic N) is 3. The second-order valence-electron chi connectivity index (χ2n) is 10.6. The lowest BCUT2D eigenvalue weighted by Crippen LogP contribution is -2.37. The summed E-state index contributed by atoms with van der Waals surface area (Å²) >= 11 is 0. The molecule has 5 heteroatoms. The molecule has 0 saturated carbocycles. The smallest absolute Gasteiger partial charge is 0.223 e. The predicted octanol–water partition coefficient (Wildman–Crippen LogP) is 6.94. The molecule has 0 bridgehead atoms. The summed E-state index contributed by atoms with van der Waals surface area (Å²) in [5.74, 6) is -0.412. The molecule has 0 N–H and O–H groups in total. The molecule has 0 saturated heterocycles. The molecule has 4 nitrogen and oxygen atoms in total. The van der Waals surface area contributed by atoms with Crippen LogP contribution in [-0.4, -0.2) is 47.5 Å². The van der Waals surface area contributed by atoms with E-state index in [9.17, 15) is 9.18 Å². The summed E-state index contributed by atoms with van der Waals surface area (Å²) in [6, 6.07) is 35.5. The third kappa shape index (κ3) is 6.67. The van der Waals surface area contributed by atoms with Crippen molar-refractivity contribution in [2.24, 2.45) is 0 Å². The van der Waals surface area contributed by atoms with Crippen molar-refractivity contribution in [2.75, 3.05) is 27.2 Å². The molecule has 1 atom stereocenters. The van der Waals surface area contributed by atoms with Crippen LogP contribution in [0.2, 0.25) is 0 Å². The minimum Gasteiger partial charge on any atom is -0.343 e. The Morgan fingerprint density at radius 1 is 0.775 bits per heavy atom. The summed E-state index contributed by atoms with van der Waals surface area (Å²) in [7, 11) is 4.04. The lowest BCUT2D eigenvalue weighted by Gasteiger charge is -2.27. The maximum absolute atomic E-state index is 14.0. The van der Waals surface area contributed by atoms with E-state index in [0.717, 1.165) is 40.7 Å². The highest BCUT2D eigenvalue weighted by molar-refractivity contribution is 5.87. The number of hydrogen-bond donors (Lipinski definition) is 0. The highest BCUT2D eigenvalue weighted by atomic mass is 19.1. The number of halogens is 1. The Kier molecular flexibility index (Phi) is 8.72. The van der Waals surface area contributed by atoms with Crippen molar-refractivity contribution in [3.05, 3.63) is 143 Å². The van der Waals surface area contributed by atoms with E-state index in [1.54, 1.807) is 0 Å². The SMILES string of the molecule is CN(C)CCN(Cc1ccccc1)C(=O)CC(c1ccc(F)cc1)c1cn(Cc2ccccc2)c2ccccc12. The van der Waals surface area contributed by atoms with Crippen LogP contribution in [0.3, 0.4) is 0 Å². The van der Waals surface area contributed by atoms with Gasteiger partial charge in [0.05, 0.1) is 0 Å². The highest BCUT2D eigenvalue weighted by Gasteiger charge is 2.26. The van der Waals surface area contributed by atoms with E-state index in [1.807, 2.05) is 61.5 Å². The number of hydrogen-bond acceptors (Lipinski definition) is 2. The molecule has 0 radical (unpaired) electrons. The summed E-state index contributed by atoms with van der Waals surface area (Å²) in [4.78, 5) is 18.1. The fourth-order valence-electron chi connectivity index (χ4n) is 5.29. The van der Waals surface area contributed by atoms with Crippen LogP contribution in [-0.2, 0) is 17.9 Å². The summed E-state index contributed by atoms with van der Waals surface area (Å²) in [5, 5.41) is 1.11. The van der Waals surface area contributed by atoms with Crippen molar-refractivity contribution in [1.29, 1.82) is 0 Å². The van der Waals surface area contributed by atoms with Gasteiger partial charge in [0.2, 0.25) is 5.91 Å².